The Kier molecular flexibility index (Phi) is 5.10. The highest BCUT2D eigenvalue weighted by Gasteiger charge is 2.15. The van der Waals surface area contributed by atoms with Crippen LogP contribution in [0.2, 0.25) is 0 Å². The minimum absolute atomic E-state index is 0.0959. The summed E-state index contributed by atoms with van der Waals surface area (Å²) in [4.78, 5) is 24.3. The van der Waals surface area contributed by atoms with Crippen molar-refractivity contribution in [2.45, 2.75) is 19.3 Å². The molecular weight excluding hydrogens is 194 g/mol. The highest BCUT2D eigenvalue weighted by Crippen LogP contribution is 2.07. The fourth-order valence-corrected chi connectivity index (χ4v) is 1.63. The quantitative estimate of drug-likeness (QED) is 0.651. The van der Waals surface area contributed by atoms with Crippen molar-refractivity contribution in [2.75, 3.05) is 33.2 Å². The predicted octanol–water partition coefficient (Wildman–Crippen LogP) is -0.665. The van der Waals surface area contributed by atoms with Gasteiger partial charge in [-0.3, -0.25) is 14.9 Å². The largest absolute Gasteiger partial charge is 0.358 e. The molecule has 0 spiro atoms. The van der Waals surface area contributed by atoms with Gasteiger partial charge in [0, 0.05) is 20.1 Å². The van der Waals surface area contributed by atoms with Crippen LogP contribution in [-0.4, -0.2) is 49.9 Å². The number of nitrogens with zero attached hydrogens (tertiary/aromatic N) is 1. The van der Waals surface area contributed by atoms with Gasteiger partial charge < -0.3 is 10.2 Å². The molecule has 0 aliphatic carbocycles. The van der Waals surface area contributed by atoms with Gasteiger partial charge in [0.1, 0.15) is 0 Å². The molecule has 1 rings (SSSR count). The van der Waals surface area contributed by atoms with E-state index in [-0.39, 0.29) is 24.9 Å². The summed E-state index contributed by atoms with van der Waals surface area (Å²) in [6.45, 7) is 2.18. The van der Waals surface area contributed by atoms with E-state index >= 15 is 0 Å². The summed E-state index contributed by atoms with van der Waals surface area (Å²) in [5.74, 6) is 0.0000437. The molecule has 1 aliphatic rings. The number of carbonyl (C=O) groups excluding carboxylic acids is 2. The first-order valence-electron chi connectivity index (χ1n) is 5.43. The van der Waals surface area contributed by atoms with Gasteiger partial charge in [-0.1, -0.05) is 0 Å². The summed E-state index contributed by atoms with van der Waals surface area (Å²) in [6.07, 6.45) is 3.41. The van der Waals surface area contributed by atoms with E-state index in [1.807, 2.05) is 4.90 Å². The molecule has 0 aromatic heterocycles. The van der Waals surface area contributed by atoms with Crippen molar-refractivity contribution >= 4 is 11.8 Å². The Morgan fingerprint density at radius 3 is 2.40 bits per heavy atom. The van der Waals surface area contributed by atoms with Crippen molar-refractivity contribution in [3.8, 4) is 0 Å². The van der Waals surface area contributed by atoms with Gasteiger partial charge in [0.05, 0.1) is 13.1 Å². The molecule has 1 heterocycles. The zero-order valence-corrected chi connectivity index (χ0v) is 9.21. The lowest BCUT2D eigenvalue weighted by atomic mass is 10.1. The van der Waals surface area contributed by atoms with Crippen molar-refractivity contribution in [1.29, 1.82) is 0 Å². The second kappa shape index (κ2) is 6.40. The molecule has 0 aromatic rings. The fraction of sp³-hybridized carbons (Fsp3) is 0.800. The normalized spacial score (nSPS) is 16.2. The average Bonchev–Trinajstić information content (AvgIpc) is 2.29. The number of hydrogen-bond acceptors (Lipinski definition) is 3. The van der Waals surface area contributed by atoms with Gasteiger partial charge >= 0.3 is 0 Å². The van der Waals surface area contributed by atoms with Crippen LogP contribution < -0.4 is 10.6 Å². The molecule has 0 atom stereocenters. The fourth-order valence-electron chi connectivity index (χ4n) is 1.63. The molecule has 1 saturated heterocycles. The average molecular weight is 213 g/mol. The van der Waals surface area contributed by atoms with Gasteiger partial charge in [-0.15, -0.1) is 0 Å². The van der Waals surface area contributed by atoms with Crippen LogP contribution in [0.15, 0.2) is 0 Å². The van der Waals surface area contributed by atoms with Crippen LogP contribution in [0.1, 0.15) is 19.3 Å². The van der Waals surface area contributed by atoms with Gasteiger partial charge in [0.25, 0.3) is 0 Å². The maximum absolute atomic E-state index is 11.6. The molecule has 2 amide bonds. The number of amides is 2. The minimum Gasteiger partial charge on any atom is -0.358 e. The number of rotatable bonds is 4. The van der Waals surface area contributed by atoms with Crippen molar-refractivity contribution in [1.82, 2.24) is 15.5 Å². The smallest absolute Gasteiger partial charge is 0.236 e. The van der Waals surface area contributed by atoms with Gasteiger partial charge in [0.15, 0.2) is 0 Å². The third-order valence-corrected chi connectivity index (χ3v) is 2.55. The lowest BCUT2D eigenvalue weighted by molar-refractivity contribution is -0.131. The monoisotopic (exact) mass is 213 g/mol. The first kappa shape index (κ1) is 12.0. The Labute approximate surface area is 90.2 Å². The molecule has 0 aromatic carbocycles. The van der Waals surface area contributed by atoms with Gasteiger partial charge in [-0.25, -0.2) is 0 Å². The van der Waals surface area contributed by atoms with E-state index < -0.39 is 0 Å². The van der Waals surface area contributed by atoms with E-state index in [1.165, 1.54) is 6.42 Å². The van der Waals surface area contributed by atoms with Gasteiger partial charge in [0.2, 0.25) is 11.8 Å². The van der Waals surface area contributed by atoms with Crippen LogP contribution in [0.4, 0.5) is 0 Å². The van der Waals surface area contributed by atoms with Crippen LogP contribution >= 0.6 is 0 Å². The molecule has 0 bridgehead atoms. The van der Waals surface area contributed by atoms with E-state index in [0.29, 0.717) is 0 Å². The maximum atomic E-state index is 11.6. The maximum Gasteiger partial charge on any atom is 0.236 e. The number of carbonyl (C=O) groups is 2. The topological polar surface area (TPSA) is 61.4 Å². The van der Waals surface area contributed by atoms with Crippen molar-refractivity contribution < 1.29 is 9.59 Å². The highest BCUT2D eigenvalue weighted by atomic mass is 16.2. The predicted molar refractivity (Wildman–Crippen MR) is 57.4 cm³/mol. The first-order chi connectivity index (χ1) is 7.24. The lowest BCUT2D eigenvalue weighted by Gasteiger charge is -2.26. The number of piperidine rings is 1. The third kappa shape index (κ3) is 4.29. The summed E-state index contributed by atoms with van der Waals surface area (Å²) < 4.78 is 0. The molecule has 1 fully saturated rings. The molecule has 0 saturated carbocycles. The number of likely N-dealkylation sites (N-methyl/N-ethyl adjacent to an activating group) is 1. The molecule has 1 aliphatic heterocycles. The Morgan fingerprint density at radius 1 is 1.13 bits per heavy atom. The van der Waals surface area contributed by atoms with Crippen LogP contribution in [0, 0.1) is 0 Å². The van der Waals surface area contributed by atoms with Crippen LogP contribution in [-0.2, 0) is 9.59 Å². The summed E-state index contributed by atoms with van der Waals surface area (Å²) in [6, 6.07) is 0. The summed E-state index contributed by atoms with van der Waals surface area (Å²) in [5.41, 5.74) is 0. The van der Waals surface area contributed by atoms with E-state index in [4.69, 9.17) is 0 Å². The number of nitrogens with one attached hydrogen (secondary N) is 2. The van der Waals surface area contributed by atoms with Crippen LogP contribution in [0.5, 0.6) is 0 Å². The molecule has 15 heavy (non-hydrogen) atoms. The zero-order valence-electron chi connectivity index (χ0n) is 9.21. The van der Waals surface area contributed by atoms with Crippen LogP contribution in [0.3, 0.4) is 0 Å². The minimum atomic E-state index is -0.0959. The highest BCUT2D eigenvalue weighted by molar-refractivity contribution is 5.81. The molecule has 0 radical (unpaired) electrons. The first-order valence-corrected chi connectivity index (χ1v) is 5.43. The molecular formula is C10H19N3O2. The van der Waals surface area contributed by atoms with E-state index in [2.05, 4.69) is 10.6 Å². The Bertz CT molecular complexity index is 225. The lowest BCUT2D eigenvalue weighted by Crippen LogP contribution is -2.43. The Balaban J connectivity index is 2.14. The summed E-state index contributed by atoms with van der Waals surface area (Å²) in [7, 11) is 1.58. The van der Waals surface area contributed by atoms with E-state index in [1.54, 1.807) is 7.05 Å². The Hall–Kier alpha value is -1.10. The van der Waals surface area contributed by atoms with Crippen LogP contribution in [0.25, 0.3) is 0 Å². The number of hydrogen-bond donors (Lipinski definition) is 2. The van der Waals surface area contributed by atoms with Gasteiger partial charge in [-0.05, 0) is 19.3 Å². The summed E-state index contributed by atoms with van der Waals surface area (Å²) in [5, 5.41) is 5.32. The van der Waals surface area contributed by atoms with Crippen molar-refractivity contribution in [3.05, 3.63) is 0 Å². The molecule has 5 nitrogen and oxygen atoms in total. The van der Waals surface area contributed by atoms with Gasteiger partial charge in [-0.2, -0.15) is 0 Å². The van der Waals surface area contributed by atoms with Crippen molar-refractivity contribution in [2.24, 2.45) is 0 Å². The van der Waals surface area contributed by atoms with Crippen molar-refractivity contribution in [3.63, 3.8) is 0 Å². The second-order valence-corrected chi connectivity index (χ2v) is 3.72. The second-order valence-electron chi connectivity index (χ2n) is 3.72. The zero-order chi connectivity index (χ0) is 11.1. The standard InChI is InChI=1S/C10H19N3O2/c1-11-9(14)7-12-8-10(15)13-5-3-2-4-6-13/h12H,2-8H2,1H3,(H,11,14). The third-order valence-electron chi connectivity index (χ3n) is 2.55. The summed E-state index contributed by atoms with van der Waals surface area (Å²) >= 11 is 0. The molecule has 0 unspecified atom stereocenters. The SMILES string of the molecule is CNC(=O)CNCC(=O)N1CCCCC1. The Morgan fingerprint density at radius 2 is 1.80 bits per heavy atom. The molecule has 86 valence electrons. The molecule has 2 N–H and O–H groups in total. The van der Waals surface area contributed by atoms with E-state index in [9.17, 15) is 9.59 Å². The van der Waals surface area contributed by atoms with E-state index in [0.717, 1.165) is 25.9 Å². The molecule has 5 heteroatoms. The number of likely N-dealkylation sites (tertiary alicyclic amines) is 1.